The molecule has 5 aromatic carbocycles. The summed E-state index contributed by atoms with van der Waals surface area (Å²) in [5, 5.41) is 4.63. The van der Waals surface area contributed by atoms with Gasteiger partial charge in [-0.25, -0.2) is 0 Å². The average molecular weight is 696 g/mol. The van der Waals surface area contributed by atoms with Crippen LogP contribution in [0.15, 0.2) is 120 Å². The molecular weight excluding hydrogens is 666 g/mol. The van der Waals surface area contributed by atoms with Crippen LogP contribution in [0.3, 0.4) is 0 Å². The van der Waals surface area contributed by atoms with Crippen LogP contribution in [0.1, 0.15) is 36.4 Å². The van der Waals surface area contributed by atoms with E-state index in [0.29, 0.717) is 0 Å². The molecule has 4 nitrogen and oxygen atoms in total. The molecule has 9 rings (SSSR count). The number of allylic oxidation sites excluding steroid dienone is 2. The summed E-state index contributed by atoms with van der Waals surface area (Å²) in [6, 6.07) is 36.9. The van der Waals surface area contributed by atoms with Gasteiger partial charge in [0.1, 0.15) is 5.71 Å². The Balaban J connectivity index is 1.44. The van der Waals surface area contributed by atoms with Crippen molar-refractivity contribution in [2.45, 2.75) is 27.7 Å². The topological polar surface area (TPSA) is 26.4 Å². The van der Waals surface area contributed by atoms with Gasteiger partial charge in [0.2, 0.25) is 0 Å². The predicted octanol–water partition coefficient (Wildman–Crippen LogP) is 9.64. The van der Waals surface area contributed by atoms with E-state index in [0.717, 1.165) is 56.2 Å². The van der Waals surface area contributed by atoms with Crippen molar-refractivity contribution in [3.05, 3.63) is 147 Å². The van der Waals surface area contributed by atoms with Crippen molar-refractivity contribution < 1.29 is 13.8 Å². The van der Waals surface area contributed by atoms with Crippen molar-refractivity contribution in [1.82, 2.24) is 4.48 Å². The van der Waals surface area contributed by atoms with Gasteiger partial charge in [-0.3, -0.25) is 0 Å². The van der Waals surface area contributed by atoms with E-state index in [1.165, 1.54) is 36.6 Å². The van der Waals surface area contributed by atoms with Crippen molar-refractivity contribution in [3.63, 3.8) is 0 Å². The first-order chi connectivity index (χ1) is 21.9. The van der Waals surface area contributed by atoms with E-state index in [4.69, 9.17) is 9.31 Å². The van der Waals surface area contributed by atoms with E-state index in [1.807, 2.05) is 0 Å². The molecule has 1 spiro atoms. The molecular formula is C39H30BIN2O2. The SMILES string of the molecule is CC1=CC(C)=[N+]2C1=C(c1ccc(I)cc1)c1c(C)cc(C)n1[B-]21Oc2ccc3ccccc3c2-c2c(ccc3ccccc23)O1. The van der Waals surface area contributed by atoms with Gasteiger partial charge in [-0.05, 0) is 112 Å². The van der Waals surface area contributed by atoms with Crippen LogP contribution in [0.2, 0.25) is 0 Å². The summed E-state index contributed by atoms with van der Waals surface area (Å²) >= 11 is 2.38. The zero-order chi connectivity index (χ0) is 30.6. The number of benzene rings is 5. The number of aryl methyl sites for hydroxylation is 2. The van der Waals surface area contributed by atoms with Crippen LogP contribution in [-0.4, -0.2) is 21.5 Å². The van der Waals surface area contributed by atoms with E-state index in [2.05, 4.69) is 168 Å². The lowest BCUT2D eigenvalue weighted by molar-refractivity contribution is -0.372. The zero-order valence-corrected chi connectivity index (χ0v) is 27.7. The molecule has 0 atom stereocenters. The molecule has 45 heavy (non-hydrogen) atoms. The third-order valence-corrected chi connectivity index (χ3v) is 10.4. The first-order valence-corrected chi connectivity index (χ1v) is 16.5. The smallest absolute Gasteiger partial charge is 0.601 e. The lowest BCUT2D eigenvalue weighted by atomic mass is 9.77. The second kappa shape index (κ2) is 9.47. The second-order valence-corrected chi connectivity index (χ2v) is 13.7. The molecule has 6 heteroatoms. The molecule has 0 unspecified atom stereocenters. The normalized spacial score (nSPS) is 16.2. The minimum Gasteiger partial charge on any atom is -0.601 e. The molecule has 0 radical (unpaired) electrons. The molecule has 0 aliphatic carbocycles. The van der Waals surface area contributed by atoms with E-state index < -0.39 is 6.82 Å². The quantitative estimate of drug-likeness (QED) is 0.127. The van der Waals surface area contributed by atoms with Crippen molar-refractivity contribution in [2.24, 2.45) is 0 Å². The van der Waals surface area contributed by atoms with Crippen LogP contribution in [0.25, 0.3) is 38.2 Å². The third-order valence-electron chi connectivity index (χ3n) is 9.69. The van der Waals surface area contributed by atoms with Crippen LogP contribution in [0.4, 0.5) is 0 Å². The molecule has 3 aliphatic rings. The maximum Gasteiger partial charge on any atom is 0.780 e. The lowest BCUT2D eigenvalue weighted by Gasteiger charge is -2.43. The van der Waals surface area contributed by atoms with Crippen molar-refractivity contribution in [3.8, 4) is 22.6 Å². The summed E-state index contributed by atoms with van der Waals surface area (Å²) in [4.78, 5) is 0. The van der Waals surface area contributed by atoms with E-state index >= 15 is 0 Å². The van der Waals surface area contributed by atoms with Crippen LogP contribution in [-0.2, 0) is 0 Å². The Morgan fingerprint density at radius 3 is 1.87 bits per heavy atom. The van der Waals surface area contributed by atoms with Gasteiger partial charge in [0, 0.05) is 39.0 Å². The zero-order valence-electron chi connectivity index (χ0n) is 25.6. The van der Waals surface area contributed by atoms with E-state index in [9.17, 15) is 0 Å². The van der Waals surface area contributed by atoms with Gasteiger partial charge in [0.25, 0.3) is 0 Å². The number of halogens is 1. The Hall–Kier alpha value is -4.56. The molecule has 218 valence electrons. The molecule has 0 saturated carbocycles. The number of hydrogen-bond acceptors (Lipinski definition) is 2. The molecule has 0 amide bonds. The molecule has 0 fully saturated rings. The van der Waals surface area contributed by atoms with Crippen molar-refractivity contribution in [1.29, 1.82) is 0 Å². The van der Waals surface area contributed by atoms with E-state index in [-0.39, 0.29) is 0 Å². The molecule has 0 N–H and O–H groups in total. The van der Waals surface area contributed by atoms with Crippen LogP contribution < -0.4 is 9.31 Å². The van der Waals surface area contributed by atoms with Crippen molar-refractivity contribution in [2.75, 3.05) is 0 Å². The lowest BCUT2D eigenvalue weighted by Crippen LogP contribution is -2.67. The van der Waals surface area contributed by atoms with Gasteiger partial charge in [0.15, 0.2) is 5.70 Å². The Kier molecular flexibility index (Phi) is 5.65. The highest BCUT2D eigenvalue weighted by atomic mass is 127. The largest absolute Gasteiger partial charge is 0.780 e. The van der Waals surface area contributed by atoms with Crippen LogP contribution in [0, 0.1) is 17.4 Å². The number of hydrogen-bond donors (Lipinski definition) is 0. The molecule has 4 heterocycles. The first-order valence-electron chi connectivity index (χ1n) is 15.4. The van der Waals surface area contributed by atoms with Gasteiger partial charge in [-0.15, -0.1) is 0 Å². The molecule has 6 aromatic rings. The third kappa shape index (κ3) is 3.63. The van der Waals surface area contributed by atoms with Gasteiger partial charge in [-0.1, -0.05) is 72.8 Å². The minimum absolute atomic E-state index is 0.815. The first kappa shape index (κ1) is 26.8. The fourth-order valence-corrected chi connectivity index (χ4v) is 8.37. The number of aromatic nitrogens is 1. The molecule has 1 aromatic heterocycles. The molecule has 0 saturated heterocycles. The number of nitrogens with zero attached hydrogens (tertiary/aromatic N) is 2. The summed E-state index contributed by atoms with van der Waals surface area (Å²) in [6.07, 6.45) is 2.27. The second-order valence-electron chi connectivity index (χ2n) is 12.4. The van der Waals surface area contributed by atoms with Gasteiger partial charge < -0.3 is 18.3 Å². The summed E-state index contributed by atoms with van der Waals surface area (Å²) in [5.41, 5.74) is 11.3. The van der Waals surface area contributed by atoms with Gasteiger partial charge in [-0.2, -0.15) is 0 Å². The monoisotopic (exact) mass is 696 g/mol. The fraction of sp³-hybridized carbons (Fsp3) is 0.103. The average Bonchev–Trinajstić information content (AvgIpc) is 3.46. The highest BCUT2D eigenvalue weighted by Gasteiger charge is 2.61. The van der Waals surface area contributed by atoms with Crippen molar-refractivity contribution >= 4 is 62.2 Å². The van der Waals surface area contributed by atoms with Crippen LogP contribution >= 0.6 is 22.6 Å². The highest BCUT2D eigenvalue weighted by Crippen LogP contribution is 2.52. The highest BCUT2D eigenvalue weighted by molar-refractivity contribution is 14.1. The number of fused-ring (bicyclic) bond motifs is 11. The standard InChI is InChI=1S/C39H30BIN2O2/c1-23-21-25(3)42-38(23)35(29-13-17-30(41)18-14-29)39-24(2)22-26(4)43(39)40(42)44-33-19-15-27-9-5-7-11-31(27)36(33)37-32-12-8-6-10-28(32)16-20-34(37)45-40/h5-22H,1-4H3. The summed E-state index contributed by atoms with van der Waals surface area (Å²) < 4.78 is 20.9. The Bertz CT molecular complexity index is 2290. The van der Waals surface area contributed by atoms with E-state index in [1.54, 1.807) is 0 Å². The van der Waals surface area contributed by atoms with Crippen LogP contribution in [0.5, 0.6) is 11.5 Å². The van der Waals surface area contributed by atoms with Gasteiger partial charge >= 0.3 is 6.82 Å². The molecule has 3 aliphatic heterocycles. The minimum atomic E-state index is -2.34. The fourth-order valence-electron chi connectivity index (χ4n) is 8.01. The summed E-state index contributed by atoms with van der Waals surface area (Å²) in [5.74, 6) is 1.63. The Labute approximate surface area is 276 Å². The maximum atomic E-state index is 7.52. The summed E-state index contributed by atoms with van der Waals surface area (Å²) in [6.45, 7) is 6.40. The van der Waals surface area contributed by atoms with Gasteiger partial charge in [0.05, 0.1) is 17.1 Å². The Morgan fingerprint density at radius 2 is 1.27 bits per heavy atom. The maximum absolute atomic E-state index is 7.52. The number of rotatable bonds is 1. The predicted molar refractivity (Wildman–Crippen MR) is 193 cm³/mol. The summed E-state index contributed by atoms with van der Waals surface area (Å²) in [7, 11) is 0. The Morgan fingerprint density at radius 1 is 0.689 bits per heavy atom. The molecule has 0 bridgehead atoms.